The normalized spacial score (nSPS) is 19.8. The quantitative estimate of drug-likeness (QED) is 0.830. The molecule has 1 aromatic rings. The van der Waals surface area contributed by atoms with Gasteiger partial charge in [-0.2, -0.15) is 0 Å². The Morgan fingerprint density at radius 3 is 2.91 bits per heavy atom. The maximum absolute atomic E-state index is 12.3. The van der Waals surface area contributed by atoms with Gasteiger partial charge in [-0.05, 0) is 49.1 Å². The van der Waals surface area contributed by atoms with Crippen molar-refractivity contribution in [2.24, 2.45) is 11.7 Å². The SMILES string of the molecule is CC(CN)(NC(=O)CCC(=O)N1CCc2sccc2C1)C1CC1. The van der Waals surface area contributed by atoms with E-state index in [0.29, 0.717) is 19.0 Å². The summed E-state index contributed by atoms with van der Waals surface area (Å²) in [6.45, 7) is 3.90. The highest BCUT2D eigenvalue weighted by Crippen LogP contribution is 2.39. The molecule has 5 nitrogen and oxygen atoms in total. The van der Waals surface area contributed by atoms with Crippen LogP contribution in [0.2, 0.25) is 0 Å². The van der Waals surface area contributed by atoms with Gasteiger partial charge >= 0.3 is 0 Å². The fourth-order valence-corrected chi connectivity index (χ4v) is 4.15. The van der Waals surface area contributed by atoms with Crippen LogP contribution < -0.4 is 11.1 Å². The topological polar surface area (TPSA) is 75.4 Å². The van der Waals surface area contributed by atoms with Crippen molar-refractivity contribution in [2.45, 2.75) is 51.1 Å². The van der Waals surface area contributed by atoms with Gasteiger partial charge in [0.15, 0.2) is 0 Å². The van der Waals surface area contributed by atoms with Crippen LogP contribution in [0.5, 0.6) is 0 Å². The molecule has 1 aromatic heterocycles. The zero-order valence-corrected chi connectivity index (χ0v) is 14.5. The van der Waals surface area contributed by atoms with Gasteiger partial charge in [0.05, 0.1) is 5.54 Å². The minimum atomic E-state index is -0.309. The van der Waals surface area contributed by atoms with Gasteiger partial charge in [-0.3, -0.25) is 9.59 Å². The van der Waals surface area contributed by atoms with Crippen molar-refractivity contribution in [2.75, 3.05) is 13.1 Å². The summed E-state index contributed by atoms with van der Waals surface area (Å²) in [6.07, 6.45) is 3.70. The molecule has 1 atom stereocenters. The summed E-state index contributed by atoms with van der Waals surface area (Å²) in [4.78, 5) is 27.7. The molecule has 23 heavy (non-hydrogen) atoms. The molecule has 2 heterocycles. The monoisotopic (exact) mass is 335 g/mol. The van der Waals surface area contributed by atoms with E-state index in [4.69, 9.17) is 5.73 Å². The molecule has 2 aliphatic rings. The molecule has 1 aliphatic heterocycles. The van der Waals surface area contributed by atoms with E-state index in [2.05, 4.69) is 16.8 Å². The molecule has 1 fully saturated rings. The number of fused-ring (bicyclic) bond motifs is 1. The second kappa shape index (κ2) is 6.61. The van der Waals surface area contributed by atoms with Gasteiger partial charge in [-0.15, -0.1) is 11.3 Å². The smallest absolute Gasteiger partial charge is 0.223 e. The van der Waals surface area contributed by atoms with Gasteiger partial charge < -0.3 is 16.0 Å². The molecule has 1 saturated carbocycles. The minimum absolute atomic E-state index is 0.0635. The predicted molar refractivity (Wildman–Crippen MR) is 91.0 cm³/mol. The number of thiophene rings is 1. The Kier molecular flexibility index (Phi) is 4.73. The third-order valence-electron chi connectivity index (χ3n) is 5.05. The average Bonchev–Trinajstić information content (AvgIpc) is 3.31. The fourth-order valence-electron chi connectivity index (χ4n) is 3.26. The van der Waals surface area contributed by atoms with Crippen molar-refractivity contribution in [1.29, 1.82) is 0 Å². The zero-order chi connectivity index (χ0) is 16.4. The standard InChI is InChI=1S/C17H25N3O2S/c1-17(11-18,13-2-3-13)19-15(21)4-5-16(22)20-8-6-14-12(10-20)7-9-23-14/h7,9,13H,2-6,8,10-11,18H2,1H3,(H,19,21). The van der Waals surface area contributed by atoms with Crippen LogP contribution in [-0.4, -0.2) is 35.3 Å². The average molecular weight is 335 g/mol. The van der Waals surface area contributed by atoms with E-state index in [9.17, 15) is 9.59 Å². The lowest BCUT2D eigenvalue weighted by Gasteiger charge is -2.30. The lowest BCUT2D eigenvalue weighted by molar-refractivity contribution is -0.134. The predicted octanol–water partition coefficient (Wildman–Crippen LogP) is 1.66. The van der Waals surface area contributed by atoms with Crippen LogP contribution in [0.15, 0.2) is 11.4 Å². The molecular weight excluding hydrogens is 310 g/mol. The van der Waals surface area contributed by atoms with Crippen molar-refractivity contribution in [3.05, 3.63) is 21.9 Å². The van der Waals surface area contributed by atoms with Crippen molar-refractivity contribution in [3.8, 4) is 0 Å². The Morgan fingerprint density at radius 2 is 2.22 bits per heavy atom. The van der Waals surface area contributed by atoms with Crippen LogP contribution in [-0.2, 0) is 22.6 Å². The highest BCUT2D eigenvalue weighted by molar-refractivity contribution is 7.10. The second-order valence-electron chi connectivity index (χ2n) is 6.88. The third kappa shape index (κ3) is 3.75. The Labute approximate surface area is 141 Å². The highest BCUT2D eigenvalue weighted by atomic mass is 32.1. The van der Waals surface area contributed by atoms with Crippen LogP contribution >= 0.6 is 11.3 Å². The molecule has 1 aliphatic carbocycles. The number of nitrogens with two attached hydrogens (primary N) is 1. The Bertz CT molecular complexity index is 596. The van der Waals surface area contributed by atoms with Gasteiger partial charge in [-0.25, -0.2) is 0 Å². The maximum Gasteiger partial charge on any atom is 0.223 e. The first kappa shape index (κ1) is 16.5. The molecule has 3 rings (SSSR count). The number of carbonyl (C=O) groups is 2. The Morgan fingerprint density at radius 1 is 1.43 bits per heavy atom. The molecular formula is C17H25N3O2S. The number of carbonyl (C=O) groups excluding carboxylic acids is 2. The number of hydrogen-bond acceptors (Lipinski definition) is 4. The van der Waals surface area contributed by atoms with Crippen molar-refractivity contribution in [3.63, 3.8) is 0 Å². The van der Waals surface area contributed by atoms with Gasteiger partial charge in [0.1, 0.15) is 0 Å². The van der Waals surface area contributed by atoms with E-state index < -0.39 is 0 Å². The van der Waals surface area contributed by atoms with Crippen LogP contribution in [0.25, 0.3) is 0 Å². The third-order valence-corrected chi connectivity index (χ3v) is 6.08. The summed E-state index contributed by atoms with van der Waals surface area (Å²) in [5, 5.41) is 5.12. The van der Waals surface area contributed by atoms with Crippen molar-refractivity contribution in [1.82, 2.24) is 10.2 Å². The van der Waals surface area contributed by atoms with Crippen molar-refractivity contribution < 1.29 is 9.59 Å². The largest absolute Gasteiger partial charge is 0.349 e. The van der Waals surface area contributed by atoms with Gasteiger partial charge in [0.2, 0.25) is 11.8 Å². The number of hydrogen-bond donors (Lipinski definition) is 2. The van der Waals surface area contributed by atoms with Crippen LogP contribution in [0, 0.1) is 5.92 Å². The molecule has 126 valence electrons. The summed E-state index contributed by atoms with van der Waals surface area (Å²) in [7, 11) is 0. The first-order valence-electron chi connectivity index (χ1n) is 8.36. The molecule has 3 N–H and O–H groups in total. The molecule has 0 spiro atoms. The van der Waals surface area contributed by atoms with Crippen LogP contribution in [0.3, 0.4) is 0 Å². The molecule has 0 saturated heterocycles. The second-order valence-corrected chi connectivity index (χ2v) is 7.88. The van der Waals surface area contributed by atoms with E-state index in [1.54, 1.807) is 11.3 Å². The van der Waals surface area contributed by atoms with Crippen molar-refractivity contribution >= 4 is 23.2 Å². The molecule has 2 amide bonds. The Balaban J connectivity index is 1.46. The van der Waals surface area contributed by atoms with E-state index in [1.165, 1.54) is 10.4 Å². The molecule has 0 bridgehead atoms. The highest BCUT2D eigenvalue weighted by Gasteiger charge is 2.41. The van der Waals surface area contributed by atoms with Gasteiger partial charge in [-0.1, -0.05) is 0 Å². The van der Waals surface area contributed by atoms with E-state index in [0.717, 1.165) is 25.8 Å². The Hall–Kier alpha value is -1.40. The lowest BCUT2D eigenvalue weighted by atomic mass is 9.95. The molecule has 1 unspecified atom stereocenters. The number of rotatable bonds is 6. The first-order valence-corrected chi connectivity index (χ1v) is 9.24. The first-order chi connectivity index (χ1) is 11.0. The van der Waals surface area contributed by atoms with Gasteiger partial charge in [0, 0.05) is 37.4 Å². The van der Waals surface area contributed by atoms with Gasteiger partial charge in [0.25, 0.3) is 0 Å². The lowest BCUT2D eigenvalue weighted by Crippen LogP contribution is -2.53. The molecule has 6 heteroatoms. The summed E-state index contributed by atoms with van der Waals surface area (Å²) < 4.78 is 0. The zero-order valence-electron chi connectivity index (χ0n) is 13.6. The molecule has 0 radical (unpaired) electrons. The molecule has 0 aromatic carbocycles. The summed E-state index contributed by atoms with van der Waals surface area (Å²) in [5.41, 5.74) is 6.76. The van der Waals surface area contributed by atoms with E-state index in [-0.39, 0.29) is 30.2 Å². The van der Waals surface area contributed by atoms with E-state index in [1.807, 2.05) is 11.8 Å². The number of nitrogens with zero attached hydrogens (tertiary/aromatic N) is 1. The maximum atomic E-state index is 12.3. The number of nitrogens with one attached hydrogen (secondary N) is 1. The fraction of sp³-hybridized carbons (Fsp3) is 0.647. The minimum Gasteiger partial charge on any atom is -0.349 e. The van der Waals surface area contributed by atoms with Crippen LogP contribution in [0.1, 0.15) is 43.0 Å². The summed E-state index contributed by atoms with van der Waals surface area (Å²) >= 11 is 1.76. The van der Waals surface area contributed by atoms with E-state index >= 15 is 0 Å². The number of amides is 2. The summed E-state index contributed by atoms with van der Waals surface area (Å²) in [6, 6.07) is 2.09. The van der Waals surface area contributed by atoms with Crippen LogP contribution in [0.4, 0.5) is 0 Å². The summed E-state index contributed by atoms with van der Waals surface area (Å²) in [5.74, 6) is 0.496.